The van der Waals surface area contributed by atoms with E-state index in [0.29, 0.717) is 5.84 Å². The molecule has 1 heterocycles. The summed E-state index contributed by atoms with van der Waals surface area (Å²) in [6, 6.07) is 25.2. The number of aliphatic imine (C=N–C) groups is 1. The highest BCUT2D eigenvalue weighted by molar-refractivity contribution is 6.00. The number of hydrogen-bond donors (Lipinski definition) is 2. The molecule has 1 unspecified atom stereocenters. The maximum Gasteiger partial charge on any atom is 0.490 e. The number of hydrogen-bond acceptors (Lipinski definition) is 4. The van der Waals surface area contributed by atoms with Gasteiger partial charge < -0.3 is 15.6 Å². The minimum atomic E-state index is -5.08. The number of aryl methyl sites for hydroxylation is 1. The van der Waals surface area contributed by atoms with Gasteiger partial charge in [0.15, 0.2) is 0 Å². The van der Waals surface area contributed by atoms with Crippen LogP contribution in [0.1, 0.15) is 30.0 Å². The van der Waals surface area contributed by atoms with Gasteiger partial charge in [0.1, 0.15) is 11.6 Å². The van der Waals surface area contributed by atoms with Crippen LogP contribution in [0.15, 0.2) is 77.8 Å². The smallest absolute Gasteiger partial charge is 0.490 e. The van der Waals surface area contributed by atoms with Crippen molar-refractivity contribution in [2.45, 2.75) is 37.9 Å². The summed E-state index contributed by atoms with van der Waals surface area (Å²) in [6.07, 6.45) is -2.23. The van der Waals surface area contributed by atoms with E-state index < -0.39 is 12.1 Å². The first-order valence-electron chi connectivity index (χ1n) is 11.0. The second-order valence-electron chi connectivity index (χ2n) is 8.56. The van der Waals surface area contributed by atoms with E-state index in [1.165, 1.54) is 22.3 Å². The molecule has 0 saturated heterocycles. The van der Waals surface area contributed by atoms with E-state index in [2.05, 4.69) is 61.5 Å². The molecule has 0 radical (unpaired) electrons. The van der Waals surface area contributed by atoms with Crippen molar-refractivity contribution < 1.29 is 27.8 Å². The number of rotatable bonds is 5. The Labute approximate surface area is 202 Å². The van der Waals surface area contributed by atoms with Crippen LogP contribution in [0.4, 0.5) is 13.2 Å². The van der Waals surface area contributed by atoms with Gasteiger partial charge in [-0.05, 0) is 60.6 Å². The number of ether oxygens (including phenoxy) is 1. The van der Waals surface area contributed by atoms with E-state index in [4.69, 9.17) is 25.4 Å². The van der Waals surface area contributed by atoms with Crippen LogP contribution in [0, 0.1) is 0 Å². The highest BCUT2D eigenvalue weighted by atomic mass is 19.4. The summed E-state index contributed by atoms with van der Waals surface area (Å²) in [5, 5.41) is 7.12. The van der Waals surface area contributed by atoms with Gasteiger partial charge in [0.2, 0.25) is 0 Å². The number of halogens is 3. The average Bonchev–Trinajstić information content (AvgIpc) is 2.83. The number of fused-ring (bicyclic) bond motifs is 1. The third kappa shape index (κ3) is 6.85. The maximum atomic E-state index is 10.6. The second-order valence-corrected chi connectivity index (χ2v) is 8.56. The fraction of sp³-hybridized carbons (Fsp3) is 0.259. The van der Waals surface area contributed by atoms with Gasteiger partial charge in [-0.15, -0.1) is 0 Å². The first kappa shape index (κ1) is 25.8. The Bertz CT molecular complexity index is 1220. The predicted octanol–water partition coefficient (Wildman–Crippen LogP) is 5.65. The quantitative estimate of drug-likeness (QED) is 0.490. The van der Waals surface area contributed by atoms with E-state index in [1.807, 2.05) is 18.2 Å². The van der Waals surface area contributed by atoms with Gasteiger partial charge in [-0.3, -0.25) is 4.99 Å². The number of methoxy groups -OCH3 is 1. The van der Waals surface area contributed by atoms with Crippen LogP contribution in [0.25, 0.3) is 11.1 Å². The van der Waals surface area contributed by atoms with Crippen LogP contribution in [0.3, 0.4) is 0 Å². The molecule has 3 aromatic rings. The lowest BCUT2D eigenvalue weighted by atomic mass is 9.83. The van der Waals surface area contributed by atoms with Gasteiger partial charge in [-0.2, -0.15) is 13.2 Å². The molecule has 1 aliphatic heterocycles. The molecule has 3 N–H and O–H groups in total. The summed E-state index contributed by atoms with van der Waals surface area (Å²) in [7, 11) is 1.70. The third-order valence-corrected chi connectivity index (χ3v) is 5.78. The monoisotopic (exact) mass is 484 g/mol. The lowest BCUT2D eigenvalue weighted by Crippen LogP contribution is -2.35. The molecule has 8 heteroatoms. The Morgan fingerprint density at radius 2 is 1.69 bits per heavy atom. The summed E-state index contributed by atoms with van der Waals surface area (Å²) in [4.78, 5) is 13.7. The van der Waals surface area contributed by atoms with Gasteiger partial charge in [0, 0.05) is 5.56 Å². The zero-order valence-electron chi connectivity index (χ0n) is 19.5. The zero-order chi connectivity index (χ0) is 25.6. The SMILES string of the molecule is COc1cccc(-c2cccc(CCC3(C)Cc4ccccc4C(N)=N3)c2)c1.O=C(O)C(F)(F)F. The molecule has 4 rings (SSSR count). The first-order chi connectivity index (χ1) is 16.5. The molecule has 0 saturated carbocycles. The summed E-state index contributed by atoms with van der Waals surface area (Å²) >= 11 is 0. The molecule has 5 nitrogen and oxygen atoms in total. The van der Waals surface area contributed by atoms with Crippen LogP contribution >= 0.6 is 0 Å². The maximum absolute atomic E-state index is 10.6. The van der Waals surface area contributed by atoms with Gasteiger partial charge in [-0.25, -0.2) is 4.79 Å². The Hall–Kier alpha value is -3.81. The van der Waals surface area contributed by atoms with E-state index in [0.717, 1.165) is 30.6 Å². The van der Waals surface area contributed by atoms with Crippen LogP contribution in [-0.2, 0) is 17.6 Å². The molecular formula is C27H27F3N2O3. The molecule has 1 aliphatic rings. The second kappa shape index (κ2) is 10.6. The molecule has 0 aliphatic carbocycles. The number of aliphatic carboxylic acids is 1. The summed E-state index contributed by atoms with van der Waals surface area (Å²) < 4.78 is 37.1. The van der Waals surface area contributed by atoms with Crippen molar-refractivity contribution in [3.8, 4) is 16.9 Å². The molecule has 184 valence electrons. The van der Waals surface area contributed by atoms with Crippen molar-refractivity contribution in [2.75, 3.05) is 7.11 Å². The lowest BCUT2D eigenvalue weighted by molar-refractivity contribution is -0.192. The topological polar surface area (TPSA) is 84.9 Å². The number of alkyl halides is 3. The van der Waals surface area contributed by atoms with Gasteiger partial charge in [0.25, 0.3) is 0 Å². The van der Waals surface area contributed by atoms with E-state index >= 15 is 0 Å². The van der Waals surface area contributed by atoms with Gasteiger partial charge >= 0.3 is 12.1 Å². The summed E-state index contributed by atoms with van der Waals surface area (Å²) in [5.74, 6) is -1.22. The number of amidine groups is 1. The Kier molecular flexibility index (Phi) is 7.84. The first-order valence-corrected chi connectivity index (χ1v) is 11.0. The number of carbonyl (C=O) groups is 1. The van der Waals surface area contributed by atoms with Crippen molar-refractivity contribution in [3.63, 3.8) is 0 Å². The minimum Gasteiger partial charge on any atom is -0.497 e. The van der Waals surface area contributed by atoms with Crippen molar-refractivity contribution in [2.24, 2.45) is 10.7 Å². The van der Waals surface area contributed by atoms with E-state index in [1.54, 1.807) is 7.11 Å². The molecule has 0 fully saturated rings. The number of carboxylic acid groups (broad SMARTS) is 1. The van der Waals surface area contributed by atoms with Crippen molar-refractivity contribution >= 4 is 11.8 Å². The fourth-order valence-electron chi connectivity index (χ4n) is 3.99. The molecule has 0 bridgehead atoms. The fourth-order valence-corrected chi connectivity index (χ4v) is 3.99. The Balaban J connectivity index is 0.000000429. The van der Waals surface area contributed by atoms with Crippen LogP contribution < -0.4 is 10.5 Å². The van der Waals surface area contributed by atoms with Crippen LogP contribution in [0.5, 0.6) is 5.75 Å². The number of carboxylic acids is 1. The number of nitrogens with zero attached hydrogens (tertiary/aromatic N) is 1. The number of benzene rings is 3. The largest absolute Gasteiger partial charge is 0.497 e. The van der Waals surface area contributed by atoms with Gasteiger partial charge in [-0.1, -0.05) is 60.7 Å². The molecule has 0 aromatic heterocycles. The Morgan fingerprint density at radius 1 is 1.06 bits per heavy atom. The van der Waals surface area contributed by atoms with E-state index in [9.17, 15) is 13.2 Å². The lowest BCUT2D eigenvalue weighted by Gasteiger charge is -2.31. The average molecular weight is 485 g/mol. The predicted molar refractivity (Wildman–Crippen MR) is 130 cm³/mol. The Morgan fingerprint density at radius 3 is 2.34 bits per heavy atom. The molecule has 0 amide bonds. The highest BCUT2D eigenvalue weighted by Gasteiger charge is 2.38. The molecule has 0 spiro atoms. The molecule has 3 aromatic carbocycles. The third-order valence-electron chi connectivity index (χ3n) is 5.78. The van der Waals surface area contributed by atoms with Crippen molar-refractivity contribution in [1.29, 1.82) is 0 Å². The minimum absolute atomic E-state index is 0.162. The molecule has 35 heavy (non-hydrogen) atoms. The number of nitrogens with two attached hydrogens (primary N) is 1. The standard InChI is InChI=1S/C25H26N2O.C2HF3O2/c1-25(17-21-8-3-4-12-23(21)24(26)27-25)14-13-18-7-5-9-19(15-18)20-10-6-11-22(16-20)28-2;3-2(4,5)1(6)7/h3-12,15-16H,13-14,17H2,1-2H3,(H2,26,27);(H,6,7). The van der Waals surface area contributed by atoms with Crippen molar-refractivity contribution in [3.05, 3.63) is 89.5 Å². The highest BCUT2D eigenvalue weighted by Crippen LogP contribution is 2.31. The van der Waals surface area contributed by atoms with E-state index in [-0.39, 0.29) is 5.54 Å². The zero-order valence-corrected chi connectivity index (χ0v) is 19.5. The van der Waals surface area contributed by atoms with Gasteiger partial charge in [0.05, 0.1) is 12.6 Å². The van der Waals surface area contributed by atoms with Crippen LogP contribution in [0.2, 0.25) is 0 Å². The normalized spacial score (nSPS) is 16.9. The summed E-state index contributed by atoms with van der Waals surface area (Å²) in [6.45, 7) is 2.21. The van der Waals surface area contributed by atoms with Crippen LogP contribution in [-0.4, -0.2) is 35.7 Å². The van der Waals surface area contributed by atoms with Crippen molar-refractivity contribution in [1.82, 2.24) is 0 Å². The summed E-state index contributed by atoms with van der Waals surface area (Å²) in [5.41, 5.74) is 12.2. The molecule has 1 atom stereocenters. The molecular weight excluding hydrogens is 457 g/mol.